The molecule has 17 heavy (non-hydrogen) atoms. The Morgan fingerprint density at radius 1 is 1.35 bits per heavy atom. The molecule has 0 spiro atoms. The van der Waals surface area contributed by atoms with Crippen molar-refractivity contribution in [2.24, 2.45) is 0 Å². The Morgan fingerprint density at radius 2 is 2.06 bits per heavy atom. The van der Waals surface area contributed by atoms with Crippen molar-refractivity contribution in [2.75, 3.05) is 23.8 Å². The lowest BCUT2D eigenvalue weighted by molar-refractivity contribution is -0.133. The van der Waals surface area contributed by atoms with Gasteiger partial charge in [-0.2, -0.15) is 0 Å². The summed E-state index contributed by atoms with van der Waals surface area (Å²) in [4.78, 5) is 21.8. The van der Waals surface area contributed by atoms with Gasteiger partial charge in [0.05, 0.1) is 11.0 Å². The largest absolute Gasteiger partial charge is 0.481 e. The van der Waals surface area contributed by atoms with E-state index in [2.05, 4.69) is 12.2 Å². The van der Waals surface area contributed by atoms with E-state index < -0.39 is 5.97 Å². The molecule has 0 aromatic carbocycles. The maximum Gasteiger partial charge on any atom is 0.313 e. The van der Waals surface area contributed by atoms with Gasteiger partial charge in [0.2, 0.25) is 5.91 Å². The van der Waals surface area contributed by atoms with Gasteiger partial charge in [-0.15, -0.1) is 23.5 Å². The molecule has 6 heteroatoms. The summed E-state index contributed by atoms with van der Waals surface area (Å²) < 4.78 is 0. The second-order valence-corrected chi connectivity index (χ2v) is 6.16. The number of thioether (sulfide) groups is 2. The molecule has 0 aliphatic heterocycles. The highest BCUT2D eigenvalue weighted by Gasteiger charge is 2.11. The molecule has 0 saturated heterocycles. The van der Waals surface area contributed by atoms with Gasteiger partial charge in [-0.1, -0.05) is 13.3 Å². The Hall–Kier alpha value is -0.360. The van der Waals surface area contributed by atoms with Crippen molar-refractivity contribution < 1.29 is 14.7 Å². The third kappa shape index (κ3) is 10.5. The minimum absolute atomic E-state index is 0.0222. The lowest BCUT2D eigenvalue weighted by Crippen LogP contribution is -2.32. The Balaban J connectivity index is 3.47. The van der Waals surface area contributed by atoms with Crippen LogP contribution in [0, 0.1) is 0 Å². The van der Waals surface area contributed by atoms with Gasteiger partial charge < -0.3 is 10.4 Å². The van der Waals surface area contributed by atoms with Gasteiger partial charge in [-0.25, -0.2) is 0 Å². The van der Waals surface area contributed by atoms with Crippen molar-refractivity contribution in [2.45, 2.75) is 31.9 Å². The second-order valence-electron chi connectivity index (χ2n) is 3.60. The van der Waals surface area contributed by atoms with E-state index in [1.165, 1.54) is 11.8 Å². The summed E-state index contributed by atoms with van der Waals surface area (Å²) in [6.07, 6.45) is 2.28. The number of nitrogens with one attached hydrogen (secondary N) is 1. The number of carbonyl (C=O) groups excluding carboxylic acids is 1. The van der Waals surface area contributed by atoms with E-state index in [1.54, 1.807) is 11.8 Å². The molecule has 0 aromatic heterocycles. The van der Waals surface area contributed by atoms with Crippen molar-refractivity contribution >= 4 is 35.4 Å². The number of unbranched alkanes of at least 4 members (excludes halogenated alkanes) is 1. The molecule has 1 unspecified atom stereocenters. The van der Waals surface area contributed by atoms with Crippen molar-refractivity contribution in [3.8, 4) is 0 Å². The van der Waals surface area contributed by atoms with Gasteiger partial charge in [0, 0.05) is 12.3 Å². The fourth-order valence-corrected chi connectivity index (χ4v) is 2.64. The lowest BCUT2D eigenvalue weighted by Gasteiger charge is -2.11. The third-order valence-corrected chi connectivity index (χ3v) is 4.19. The SMILES string of the molecule is CCCCSC(C)C(=O)NCCSCC(=O)O. The van der Waals surface area contributed by atoms with E-state index in [0.717, 1.165) is 18.6 Å². The number of aliphatic carboxylic acids is 1. The number of amides is 1. The zero-order valence-electron chi connectivity index (χ0n) is 10.4. The number of carbonyl (C=O) groups is 2. The first-order valence-corrected chi connectivity index (χ1v) is 7.97. The Labute approximate surface area is 111 Å². The average molecular weight is 279 g/mol. The summed E-state index contributed by atoms with van der Waals surface area (Å²) in [7, 11) is 0. The highest BCUT2D eigenvalue weighted by Crippen LogP contribution is 2.12. The highest BCUT2D eigenvalue weighted by molar-refractivity contribution is 8.00. The number of carboxylic acid groups (broad SMARTS) is 1. The van der Waals surface area contributed by atoms with Gasteiger partial charge in [0.1, 0.15) is 0 Å². The molecule has 0 saturated carbocycles. The molecule has 0 aliphatic rings. The normalized spacial score (nSPS) is 12.1. The molecule has 0 fully saturated rings. The molecule has 0 bridgehead atoms. The highest BCUT2D eigenvalue weighted by atomic mass is 32.2. The van der Waals surface area contributed by atoms with Crippen LogP contribution in [0.5, 0.6) is 0 Å². The topological polar surface area (TPSA) is 66.4 Å². The summed E-state index contributed by atoms with van der Waals surface area (Å²) in [6, 6.07) is 0. The van der Waals surface area contributed by atoms with Crippen LogP contribution in [0.1, 0.15) is 26.7 Å². The molecule has 1 atom stereocenters. The smallest absolute Gasteiger partial charge is 0.313 e. The first-order chi connectivity index (χ1) is 8.07. The Morgan fingerprint density at radius 3 is 2.65 bits per heavy atom. The number of hydrogen-bond acceptors (Lipinski definition) is 4. The first kappa shape index (κ1) is 16.6. The Bertz CT molecular complexity index is 237. The fraction of sp³-hybridized carbons (Fsp3) is 0.818. The zero-order valence-corrected chi connectivity index (χ0v) is 12.0. The summed E-state index contributed by atoms with van der Waals surface area (Å²) in [6.45, 7) is 4.57. The molecule has 0 heterocycles. The van der Waals surface area contributed by atoms with Gasteiger partial charge in [-0.3, -0.25) is 9.59 Å². The minimum atomic E-state index is -0.815. The number of hydrogen-bond donors (Lipinski definition) is 2. The molecular weight excluding hydrogens is 258 g/mol. The molecule has 1 amide bonds. The van der Waals surface area contributed by atoms with E-state index in [9.17, 15) is 9.59 Å². The second kappa shape index (κ2) is 10.8. The monoisotopic (exact) mass is 279 g/mol. The zero-order chi connectivity index (χ0) is 13.1. The molecule has 0 rings (SSSR count). The summed E-state index contributed by atoms with van der Waals surface area (Å²) in [5, 5.41) is 11.2. The van der Waals surface area contributed by atoms with Crippen LogP contribution < -0.4 is 5.32 Å². The molecule has 100 valence electrons. The van der Waals surface area contributed by atoms with E-state index >= 15 is 0 Å². The van der Waals surface area contributed by atoms with Crippen LogP contribution in [0.2, 0.25) is 0 Å². The van der Waals surface area contributed by atoms with Gasteiger partial charge in [-0.05, 0) is 19.1 Å². The van der Waals surface area contributed by atoms with Gasteiger partial charge in [0.25, 0.3) is 0 Å². The molecular formula is C11H21NO3S2. The van der Waals surface area contributed by atoms with E-state index in [-0.39, 0.29) is 16.9 Å². The summed E-state index contributed by atoms with van der Waals surface area (Å²) in [5.74, 6) is 0.978. The average Bonchev–Trinajstić information content (AvgIpc) is 2.28. The van der Waals surface area contributed by atoms with Crippen molar-refractivity contribution in [3.05, 3.63) is 0 Å². The molecule has 2 N–H and O–H groups in total. The van der Waals surface area contributed by atoms with Crippen LogP contribution >= 0.6 is 23.5 Å². The van der Waals surface area contributed by atoms with E-state index in [0.29, 0.717) is 12.3 Å². The first-order valence-electron chi connectivity index (χ1n) is 5.76. The van der Waals surface area contributed by atoms with Crippen LogP contribution in [0.3, 0.4) is 0 Å². The number of carboxylic acids is 1. The van der Waals surface area contributed by atoms with Crippen LogP contribution in [0.25, 0.3) is 0 Å². The van der Waals surface area contributed by atoms with Crippen LogP contribution in [0.15, 0.2) is 0 Å². The molecule has 0 aromatic rings. The predicted octanol–water partition coefficient (Wildman–Crippen LogP) is 1.84. The predicted molar refractivity (Wildman–Crippen MR) is 74.8 cm³/mol. The Kier molecular flexibility index (Phi) is 10.5. The fourth-order valence-electron chi connectivity index (χ4n) is 1.03. The lowest BCUT2D eigenvalue weighted by atomic mass is 10.4. The van der Waals surface area contributed by atoms with E-state index in [4.69, 9.17) is 5.11 Å². The summed E-state index contributed by atoms with van der Waals surface area (Å²) >= 11 is 2.98. The van der Waals surface area contributed by atoms with Crippen LogP contribution in [0.4, 0.5) is 0 Å². The van der Waals surface area contributed by atoms with Crippen LogP contribution in [-0.4, -0.2) is 46.0 Å². The molecule has 0 radical (unpaired) electrons. The third-order valence-electron chi connectivity index (χ3n) is 2.01. The maximum absolute atomic E-state index is 11.6. The molecule has 0 aliphatic carbocycles. The minimum Gasteiger partial charge on any atom is -0.481 e. The maximum atomic E-state index is 11.6. The number of rotatable bonds is 10. The van der Waals surface area contributed by atoms with Crippen molar-refractivity contribution in [3.63, 3.8) is 0 Å². The van der Waals surface area contributed by atoms with E-state index in [1.807, 2.05) is 6.92 Å². The van der Waals surface area contributed by atoms with Gasteiger partial charge >= 0.3 is 5.97 Å². The quantitative estimate of drug-likeness (QED) is 0.597. The summed E-state index contributed by atoms with van der Waals surface area (Å²) in [5.41, 5.74) is 0. The van der Waals surface area contributed by atoms with Gasteiger partial charge in [0.15, 0.2) is 0 Å². The standard InChI is InChI=1S/C11H21NO3S2/c1-3-4-6-17-9(2)11(15)12-5-7-16-8-10(13)14/h9H,3-8H2,1-2H3,(H,12,15)(H,13,14). The van der Waals surface area contributed by atoms with Crippen molar-refractivity contribution in [1.29, 1.82) is 0 Å². The van der Waals surface area contributed by atoms with Crippen molar-refractivity contribution in [1.82, 2.24) is 5.32 Å². The van der Waals surface area contributed by atoms with Crippen LogP contribution in [-0.2, 0) is 9.59 Å². The molecule has 4 nitrogen and oxygen atoms in total.